The van der Waals surface area contributed by atoms with Gasteiger partial charge >= 0.3 is 68.2 Å². The van der Waals surface area contributed by atoms with Gasteiger partial charge in [-0.15, -0.1) is 0 Å². The topological polar surface area (TPSA) is 4.36 Å². The molecule has 0 amide bonds. The van der Waals surface area contributed by atoms with Gasteiger partial charge in [-0.3, -0.25) is 0 Å². The van der Waals surface area contributed by atoms with Crippen LogP contribution in [0.5, 0.6) is 0 Å². The van der Waals surface area contributed by atoms with Gasteiger partial charge in [0.15, 0.2) is 0 Å². The molecule has 0 aliphatic heterocycles. The monoisotopic (exact) mass is 463 g/mol. The average Bonchev–Trinajstić information content (AvgIpc) is 2.11. The summed E-state index contributed by atoms with van der Waals surface area (Å²) in [6, 6.07) is 12.8. The maximum absolute atomic E-state index is 5.42. The first-order valence-electron chi connectivity index (χ1n) is 4.42. The van der Waals surface area contributed by atoms with E-state index in [1.54, 1.807) is 0 Å². The summed E-state index contributed by atoms with van der Waals surface area (Å²) in [5, 5.41) is 0. The fourth-order valence-electron chi connectivity index (χ4n) is 0.683. The van der Waals surface area contributed by atoms with Crippen LogP contribution in [0.1, 0.15) is 12.5 Å². The second kappa shape index (κ2) is 6.15. The first kappa shape index (κ1) is 18.3. The molecule has 0 aromatic heterocycles. The third-order valence-electron chi connectivity index (χ3n) is 1.14. The molecule has 0 spiro atoms. The number of benzene rings is 1. The summed E-state index contributed by atoms with van der Waals surface area (Å²) in [5.74, 6) is 0. The summed E-state index contributed by atoms with van der Waals surface area (Å²) >= 11 is 0. The number of hydrogen-bond acceptors (Lipinski definition) is 0. The quantitative estimate of drug-likeness (QED) is 0.404. The van der Waals surface area contributed by atoms with Crippen molar-refractivity contribution >= 4 is 62.1 Å². The first-order valence-corrected chi connectivity index (χ1v) is 23.8. The van der Waals surface area contributed by atoms with Crippen molar-refractivity contribution in [2.45, 2.75) is 6.92 Å². The van der Waals surface area contributed by atoms with Crippen molar-refractivity contribution in [3.8, 4) is 6.07 Å². The van der Waals surface area contributed by atoms with Gasteiger partial charge in [0.2, 0.25) is 0 Å². The summed E-state index contributed by atoms with van der Waals surface area (Å²) in [5.41, 5.74) is 1.05. The number of hydrogen-bond donors (Lipinski definition) is 0. The Kier molecular flexibility index (Phi) is 6.60. The van der Waals surface area contributed by atoms with E-state index in [1.165, 1.54) is 0 Å². The molecule has 0 aliphatic rings. The van der Waals surface area contributed by atoms with Crippen molar-refractivity contribution in [2.24, 2.45) is 0 Å². The predicted molar refractivity (Wildman–Crippen MR) is 84.2 cm³/mol. The van der Waals surface area contributed by atoms with E-state index in [2.05, 4.69) is 10.9 Å². The van der Waals surface area contributed by atoms with Crippen molar-refractivity contribution in [2.75, 3.05) is 6.54 Å². The predicted octanol–water partition coefficient (Wildman–Crippen LogP) is 6.14. The Morgan fingerprint density at radius 3 is 1.76 bits per heavy atom. The van der Waals surface area contributed by atoms with Gasteiger partial charge in [-0.05, 0) is 12.1 Å². The molecule has 98 valence electrons. The number of nitrogens with zero attached hydrogens (tertiary/aromatic N) is 1. The molecular weight excluding hydrogens is 457 g/mol. The average molecular weight is 467 g/mol. The van der Waals surface area contributed by atoms with Gasteiger partial charge in [0.05, 0.1) is 0 Å². The Labute approximate surface area is 121 Å². The van der Waals surface area contributed by atoms with Crippen molar-refractivity contribution in [1.82, 2.24) is 0 Å². The minimum atomic E-state index is -5.42. The summed E-state index contributed by atoms with van der Waals surface area (Å²) < 4.78 is 0. The summed E-state index contributed by atoms with van der Waals surface area (Å²) in [6.45, 7) is 2.80. The standard InChI is InChI=1S/C9H10N.6ClH.Sb/c1-2-10-8-9-6-4-3-5-7-9;;;;;;;/h3-7H,2H2,1H3;6*1H;/q+1;;;;;;;+5/p-6. The van der Waals surface area contributed by atoms with Crippen LogP contribution in [-0.4, -0.2) is 15.7 Å². The minimum absolute atomic E-state index is 0.800. The van der Waals surface area contributed by atoms with Crippen LogP contribution in [-0.2, 0) is 0 Å². The van der Waals surface area contributed by atoms with E-state index in [0.717, 1.165) is 12.1 Å². The molecule has 1 aromatic rings. The van der Waals surface area contributed by atoms with E-state index in [9.17, 15) is 0 Å². The molecule has 0 saturated heterocycles. The van der Waals surface area contributed by atoms with Crippen LogP contribution >= 0.6 is 53.0 Å². The second-order valence-electron chi connectivity index (χ2n) is 2.91. The van der Waals surface area contributed by atoms with Crippen LogP contribution in [0.4, 0.5) is 0 Å². The molecule has 0 aliphatic carbocycles. The molecule has 0 N–H and O–H groups in total. The van der Waals surface area contributed by atoms with Crippen LogP contribution in [0, 0.1) is 6.07 Å². The van der Waals surface area contributed by atoms with Gasteiger partial charge in [-0.1, -0.05) is 23.0 Å². The van der Waals surface area contributed by atoms with Gasteiger partial charge < -0.3 is 0 Å². The Hall–Kier alpha value is 1.27. The molecule has 8 heteroatoms. The van der Waals surface area contributed by atoms with Crippen molar-refractivity contribution in [3.63, 3.8) is 0 Å². The van der Waals surface area contributed by atoms with E-state index in [-0.39, 0.29) is 0 Å². The van der Waals surface area contributed by atoms with Crippen LogP contribution in [0.25, 0.3) is 4.85 Å². The molecule has 1 aromatic carbocycles. The van der Waals surface area contributed by atoms with Crippen LogP contribution in [0.2, 0.25) is 0 Å². The fraction of sp³-hybridized carbons (Fsp3) is 0.222. The maximum atomic E-state index is 5.06. The summed E-state index contributed by atoms with van der Waals surface area (Å²) in [6.07, 6.45) is 0. The fourth-order valence-corrected chi connectivity index (χ4v) is 0.683. The Morgan fingerprint density at radius 2 is 1.41 bits per heavy atom. The van der Waals surface area contributed by atoms with Crippen molar-refractivity contribution in [3.05, 3.63) is 40.7 Å². The zero-order valence-electron chi connectivity index (χ0n) is 8.76. The van der Waals surface area contributed by atoms with E-state index in [4.69, 9.17) is 53.0 Å². The summed E-state index contributed by atoms with van der Waals surface area (Å²) in [4.78, 5) is 3.99. The zero-order valence-corrected chi connectivity index (χ0v) is 15.8. The van der Waals surface area contributed by atoms with Crippen LogP contribution in [0.15, 0.2) is 30.3 Å². The molecule has 1 rings (SSSR count). The van der Waals surface area contributed by atoms with E-state index < -0.39 is 9.14 Å². The van der Waals surface area contributed by atoms with Crippen LogP contribution < -0.4 is 0 Å². The van der Waals surface area contributed by atoms with E-state index in [1.807, 2.05) is 37.3 Å². The number of halogens is 6. The molecule has 1 nitrogen and oxygen atoms in total. The SMILES string of the molecule is CC[N+]#Cc1ccccc1.[Cl][Sb-]([Cl])([Cl])([Cl])([Cl])[Cl]. The normalized spacial score (nSPS) is 14.3. The zero-order chi connectivity index (χ0) is 13.6. The Morgan fingerprint density at radius 1 is 1.00 bits per heavy atom. The second-order valence-corrected chi connectivity index (χ2v) is 59.8. The van der Waals surface area contributed by atoms with E-state index in [0.29, 0.717) is 0 Å². The first-order chi connectivity index (χ1) is 7.38. The molecule has 0 heterocycles. The van der Waals surface area contributed by atoms with Gasteiger partial charge in [-0.2, -0.15) is 0 Å². The molecule has 0 atom stereocenters. The molecule has 0 saturated carbocycles. The van der Waals surface area contributed by atoms with Crippen LogP contribution in [0.3, 0.4) is 0 Å². The van der Waals surface area contributed by atoms with Crippen molar-refractivity contribution in [1.29, 1.82) is 0 Å². The van der Waals surface area contributed by atoms with Crippen molar-refractivity contribution < 1.29 is 0 Å². The third-order valence-corrected chi connectivity index (χ3v) is 1.14. The number of rotatable bonds is 0. The van der Waals surface area contributed by atoms with Gasteiger partial charge in [0, 0.05) is 6.92 Å². The Bertz CT molecular complexity index is 401. The molecule has 0 radical (unpaired) electrons. The molecule has 0 bridgehead atoms. The molecule has 0 unspecified atom stereocenters. The van der Waals surface area contributed by atoms with Gasteiger partial charge in [-0.25, -0.2) is 0 Å². The van der Waals surface area contributed by atoms with Gasteiger partial charge in [0.25, 0.3) is 6.54 Å². The van der Waals surface area contributed by atoms with Gasteiger partial charge in [0.1, 0.15) is 5.56 Å². The third kappa shape index (κ3) is 22.9. The molecule has 17 heavy (non-hydrogen) atoms. The molecule has 0 fully saturated rings. The van der Waals surface area contributed by atoms with E-state index >= 15 is 0 Å². The summed E-state index contributed by atoms with van der Waals surface area (Å²) in [7, 11) is 25.0. The Balaban J connectivity index is 0.000000325. The molecular formula is C9H10Cl6NSb.